The number of aliphatic hydroxyl groups is 1. The van der Waals surface area contributed by atoms with Crippen molar-refractivity contribution >= 4 is 17.3 Å². The Kier molecular flexibility index (Phi) is 4.51. The van der Waals surface area contributed by atoms with Crippen molar-refractivity contribution in [3.8, 4) is 11.5 Å². The van der Waals surface area contributed by atoms with Crippen LogP contribution < -0.4 is 15.5 Å². The van der Waals surface area contributed by atoms with E-state index in [2.05, 4.69) is 25.6 Å². The topological polar surface area (TPSA) is 90.6 Å². The molecule has 0 aromatic carbocycles. The molecule has 10 heteroatoms. The van der Waals surface area contributed by atoms with E-state index in [-0.39, 0.29) is 23.5 Å². The minimum absolute atomic E-state index is 0.0514. The fraction of sp³-hybridized carbons (Fsp3) is 0.421. The first-order valence-electron chi connectivity index (χ1n) is 9.69. The highest BCUT2D eigenvalue weighted by molar-refractivity contribution is 5.64. The largest absolute Gasteiger partial charge is 0.389 e. The van der Waals surface area contributed by atoms with E-state index in [0.717, 1.165) is 25.9 Å². The summed E-state index contributed by atoms with van der Waals surface area (Å²) in [6.45, 7) is 2.27. The van der Waals surface area contributed by atoms with Gasteiger partial charge in [0.25, 0.3) is 0 Å². The van der Waals surface area contributed by atoms with Crippen LogP contribution in [0.2, 0.25) is 0 Å². The van der Waals surface area contributed by atoms with Crippen molar-refractivity contribution < 1.29 is 13.9 Å². The Balaban J connectivity index is 1.59. The molecular weight excluding hydrogens is 380 g/mol. The molecule has 0 amide bonds. The van der Waals surface area contributed by atoms with Crippen LogP contribution in [0.25, 0.3) is 17.2 Å². The van der Waals surface area contributed by atoms with Crippen molar-refractivity contribution in [1.29, 1.82) is 0 Å². The molecule has 2 aliphatic heterocycles. The van der Waals surface area contributed by atoms with Gasteiger partial charge in [-0.05, 0) is 31.5 Å². The number of anilines is 2. The molecule has 8 nitrogen and oxygen atoms in total. The average molecular weight is 401 g/mol. The zero-order valence-electron chi connectivity index (χ0n) is 15.6. The summed E-state index contributed by atoms with van der Waals surface area (Å²) in [5.74, 6) is -0.501. The Hall–Kier alpha value is -2.85. The maximum atomic E-state index is 15.2. The van der Waals surface area contributed by atoms with Gasteiger partial charge in [0.1, 0.15) is 17.2 Å². The maximum absolute atomic E-state index is 15.2. The third-order valence-corrected chi connectivity index (χ3v) is 5.33. The first-order chi connectivity index (χ1) is 14.1. The quantitative estimate of drug-likeness (QED) is 0.609. The zero-order valence-corrected chi connectivity index (χ0v) is 15.6. The van der Waals surface area contributed by atoms with Crippen LogP contribution in [0.3, 0.4) is 0 Å². The number of β-amino-alcohol motifs (C(OH)–C–C–N with tert-alkyl or cyclic N) is 1. The van der Waals surface area contributed by atoms with Crippen LogP contribution in [0, 0.1) is 11.6 Å². The standard InChI is InChI=1S/C19H21F2N7O/c20-11-3-4-15-23-7-14(28(15)8-11)17-25-18(24-12-2-1-5-22-6-12)16(21)19(26-17)27-9-13(29)10-27/h3-4,7-8,12-13,22,29H,1-2,5-6,9-10H2,(H,24,25,26). The number of rotatable bonds is 4. The van der Waals surface area contributed by atoms with E-state index < -0.39 is 17.7 Å². The number of imidazole rings is 1. The number of aromatic nitrogens is 4. The summed E-state index contributed by atoms with van der Waals surface area (Å²) in [5, 5.41) is 16.1. The molecule has 152 valence electrons. The van der Waals surface area contributed by atoms with Gasteiger partial charge >= 0.3 is 0 Å². The predicted octanol–water partition coefficient (Wildman–Crippen LogP) is 1.41. The van der Waals surface area contributed by atoms with Gasteiger partial charge in [-0.2, -0.15) is 4.39 Å². The van der Waals surface area contributed by atoms with Crippen molar-refractivity contribution in [2.24, 2.45) is 0 Å². The van der Waals surface area contributed by atoms with Crippen LogP contribution in [0.15, 0.2) is 24.5 Å². The Labute approximate surface area is 165 Å². The summed E-state index contributed by atoms with van der Waals surface area (Å²) in [5.41, 5.74) is 1.01. The van der Waals surface area contributed by atoms with Crippen LogP contribution in [-0.4, -0.2) is 62.8 Å². The minimum atomic E-state index is -0.550. The van der Waals surface area contributed by atoms with Gasteiger partial charge in [0.05, 0.1) is 12.3 Å². The normalized spacial score (nSPS) is 20.1. The number of hydrogen-bond donors (Lipinski definition) is 3. The van der Waals surface area contributed by atoms with Gasteiger partial charge in [-0.15, -0.1) is 0 Å². The number of nitrogens with zero attached hydrogens (tertiary/aromatic N) is 5. The molecule has 0 saturated carbocycles. The molecule has 0 aliphatic carbocycles. The third-order valence-electron chi connectivity index (χ3n) is 5.33. The smallest absolute Gasteiger partial charge is 0.207 e. The Bertz CT molecular complexity index is 1040. The molecule has 0 spiro atoms. The predicted molar refractivity (Wildman–Crippen MR) is 104 cm³/mol. The fourth-order valence-electron chi connectivity index (χ4n) is 3.77. The van der Waals surface area contributed by atoms with E-state index in [1.165, 1.54) is 12.3 Å². The summed E-state index contributed by atoms with van der Waals surface area (Å²) in [6.07, 6.45) is 4.24. The molecule has 3 N–H and O–H groups in total. The first kappa shape index (κ1) is 18.2. The molecule has 5 rings (SSSR count). The lowest BCUT2D eigenvalue weighted by molar-refractivity contribution is 0.140. The van der Waals surface area contributed by atoms with E-state index in [0.29, 0.717) is 24.4 Å². The SMILES string of the molecule is OC1CN(c2nc(-c3cnc4ccc(F)cn34)nc(NC3CCCNC3)c2F)C1. The van der Waals surface area contributed by atoms with Gasteiger partial charge in [-0.1, -0.05) is 0 Å². The maximum Gasteiger partial charge on any atom is 0.207 e. The van der Waals surface area contributed by atoms with Gasteiger partial charge in [-0.3, -0.25) is 4.40 Å². The number of hydrogen-bond acceptors (Lipinski definition) is 7. The van der Waals surface area contributed by atoms with Crippen molar-refractivity contribution in [2.75, 3.05) is 36.4 Å². The van der Waals surface area contributed by atoms with Gasteiger partial charge < -0.3 is 20.6 Å². The molecule has 3 aromatic heterocycles. The Morgan fingerprint density at radius 1 is 1.21 bits per heavy atom. The van der Waals surface area contributed by atoms with Crippen LogP contribution in [0.5, 0.6) is 0 Å². The van der Waals surface area contributed by atoms with Gasteiger partial charge in [0.15, 0.2) is 17.5 Å². The van der Waals surface area contributed by atoms with E-state index in [1.54, 1.807) is 21.6 Å². The zero-order chi connectivity index (χ0) is 20.0. The second kappa shape index (κ2) is 7.20. The number of halogens is 2. The van der Waals surface area contributed by atoms with Crippen LogP contribution in [0.1, 0.15) is 12.8 Å². The lowest BCUT2D eigenvalue weighted by Gasteiger charge is -2.37. The summed E-state index contributed by atoms with van der Waals surface area (Å²) in [6, 6.07) is 2.94. The second-order valence-electron chi connectivity index (χ2n) is 7.50. The summed E-state index contributed by atoms with van der Waals surface area (Å²) < 4.78 is 30.5. The summed E-state index contributed by atoms with van der Waals surface area (Å²) in [7, 11) is 0. The molecule has 29 heavy (non-hydrogen) atoms. The Morgan fingerprint density at radius 3 is 2.83 bits per heavy atom. The fourth-order valence-corrected chi connectivity index (χ4v) is 3.77. The van der Waals surface area contributed by atoms with Crippen LogP contribution in [-0.2, 0) is 0 Å². The van der Waals surface area contributed by atoms with Crippen molar-refractivity contribution in [3.63, 3.8) is 0 Å². The molecule has 0 bridgehead atoms. The molecule has 2 aliphatic rings. The number of nitrogens with one attached hydrogen (secondary N) is 2. The highest BCUT2D eigenvalue weighted by atomic mass is 19.1. The lowest BCUT2D eigenvalue weighted by Crippen LogP contribution is -2.51. The highest BCUT2D eigenvalue weighted by Gasteiger charge is 2.31. The van der Waals surface area contributed by atoms with Gasteiger partial charge in [0.2, 0.25) is 5.82 Å². The van der Waals surface area contributed by atoms with Crippen molar-refractivity contribution in [3.05, 3.63) is 36.2 Å². The van der Waals surface area contributed by atoms with Gasteiger partial charge in [-0.25, -0.2) is 19.3 Å². The second-order valence-corrected chi connectivity index (χ2v) is 7.50. The van der Waals surface area contributed by atoms with Crippen molar-refractivity contribution in [2.45, 2.75) is 25.0 Å². The van der Waals surface area contributed by atoms with Crippen molar-refractivity contribution in [1.82, 2.24) is 24.7 Å². The molecule has 2 fully saturated rings. The monoisotopic (exact) mass is 401 g/mol. The third kappa shape index (κ3) is 3.38. The number of aliphatic hydroxyl groups excluding tert-OH is 1. The molecule has 1 unspecified atom stereocenters. The lowest BCUT2D eigenvalue weighted by atomic mass is 10.1. The van der Waals surface area contributed by atoms with Crippen LogP contribution >= 0.6 is 0 Å². The van der Waals surface area contributed by atoms with E-state index in [9.17, 15) is 9.50 Å². The number of piperidine rings is 1. The molecule has 5 heterocycles. The molecule has 3 aromatic rings. The molecule has 0 radical (unpaired) electrons. The summed E-state index contributed by atoms with van der Waals surface area (Å²) in [4.78, 5) is 14.7. The van der Waals surface area contributed by atoms with Gasteiger partial charge in [0, 0.05) is 31.9 Å². The summed E-state index contributed by atoms with van der Waals surface area (Å²) >= 11 is 0. The average Bonchev–Trinajstić information content (AvgIpc) is 3.11. The molecular formula is C19H21F2N7O. The van der Waals surface area contributed by atoms with E-state index >= 15 is 4.39 Å². The molecule has 2 saturated heterocycles. The number of pyridine rings is 1. The highest BCUT2D eigenvalue weighted by Crippen LogP contribution is 2.30. The van der Waals surface area contributed by atoms with E-state index in [4.69, 9.17) is 0 Å². The Morgan fingerprint density at radius 2 is 2.07 bits per heavy atom. The van der Waals surface area contributed by atoms with E-state index in [1.807, 2.05) is 0 Å². The molecule has 1 atom stereocenters. The minimum Gasteiger partial charge on any atom is -0.389 e. The number of fused-ring (bicyclic) bond motifs is 1. The van der Waals surface area contributed by atoms with Crippen LogP contribution in [0.4, 0.5) is 20.4 Å². The first-order valence-corrected chi connectivity index (χ1v) is 9.69.